The zero-order chi connectivity index (χ0) is 18.7. The fourth-order valence-electron chi connectivity index (χ4n) is 3.28. The molecule has 1 aliphatic heterocycles. The molecule has 2 N–H and O–H groups in total. The van der Waals surface area contributed by atoms with Crippen molar-refractivity contribution in [1.29, 1.82) is 0 Å². The molecule has 0 saturated carbocycles. The van der Waals surface area contributed by atoms with Crippen LogP contribution in [-0.2, 0) is 19.5 Å². The standard InChI is InChI=1S/C16H26N2O6S/c1-11-13(15(19)23-4)14(12(2)24-11)25(20,21)18-9-16(10-22-3)5-7-17-8-6-16/h17-18H,5-10H2,1-4H3. The van der Waals surface area contributed by atoms with Crippen LogP contribution in [0.4, 0.5) is 0 Å². The minimum absolute atomic E-state index is 0.0568. The summed E-state index contributed by atoms with van der Waals surface area (Å²) >= 11 is 0. The SMILES string of the molecule is COCC1(CNS(=O)(=O)c2c(C)oc(C)c2C(=O)OC)CCNCC1. The lowest BCUT2D eigenvalue weighted by molar-refractivity contribution is 0.0576. The first-order chi connectivity index (χ1) is 11.8. The molecule has 2 rings (SSSR count). The molecule has 0 spiro atoms. The molecule has 0 amide bonds. The lowest BCUT2D eigenvalue weighted by Gasteiger charge is -2.37. The number of nitrogens with one attached hydrogen (secondary N) is 2. The number of sulfonamides is 1. The molecule has 1 aromatic heterocycles. The Morgan fingerprint density at radius 3 is 2.44 bits per heavy atom. The second kappa shape index (κ2) is 7.86. The van der Waals surface area contributed by atoms with Crippen molar-refractivity contribution >= 4 is 16.0 Å². The Labute approximate surface area is 148 Å². The Bertz CT molecular complexity index is 714. The summed E-state index contributed by atoms with van der Waals surface area (Å²) in [6.45, 7) is 5.37. The minimum Gasteiger partial charge on any atom is -0.465 e. The summed E-state index contributed by atoms with van der Waals surface area (Å²) in [7, 11) is -1.12. The van der Waals surface area contributed by atoms with Gasteiger partial charge in [-0.3, -0.25) is 0 Å². The number of esters is 1. The minimum atomic E-state index is -3.93. The van der Waals surface area contributed by atoms with Crippen LogP contribution in [0.5, 0.6) is 0 Å². The number of hydrogen-bond acceptors (Lipinski definition) is 7. The van der Waals surface area contributed by atoms with Crippen molar-refractivity contribution in [3.8, 4) is 0 Å². The predicted octanol–water partition coefficient (Wildman–Crippen LogP) is 0.978. The maximum atomic E-state index is 12.9. The molecule has 2 heterocycles. The van der Waals surface area contributed by atoms with Crippen LogP contribution in [-0.4, -0.2) is 54.8 Å². The van der Waals surface area contributed by atoms with E-state index >= 15 is 0 Å². The molecule has 9 heteroatoms. The van der Waals surface area contributed by atoms with Gasteiger partial charge in [-0.1, -0.05) is 0 Å². The Hall–Kier alpha value is -1.42. The predicted molar refractivity (Wildman–Crippen MR) is 91.1 cm³/mol. The molecule has 1 saturated heterocycles. The van der Waals surface area contributed by atoms with Crippen LogP contribution in [0, 0.1) is 19.3 Å². The van der Waals surface area contributed by atoms with E-state index in [1.807, 2.05) is 0 Å². The van der Waals surface area contributed by atoms with Crippen molar-refractivity contribution in [2.75, 3.05) is 40.5 Å². The van der Waals surface area contributed by atoms with E-state index in [-0.39, 0.29) is 33.9 Å². The van der Waals surface area contributed by atoms with Gasteiger partial charge in [0.25, 0.3) is 0 Å². The molecule has 8 nitrogen and oxygen atoms in total. The fourth-order valence-corrected chi connectivity index (χ4v) is 4.84. The van der Waals surface area contributed by atoms with Gasteiger partial charge in [-0.05, 0) is 39.8 Å². The number of aryl methyl sites for hydroxylation is 2. The average Bonchev–Trinajstić information content (AvgIpc) is 2.88. The first kappa shape index (κ1) is 19.9. The number of carbonyl (C=O) groups excluding carboxylic acids is 1. The molecule has 0 aromatic carbocycles. The number of piperidine rings is 1. The van der Waals surface area contributed by atoms with Crippen LogP contribution in [0.2, 0.25) is 0 Å². The van der Waals surface area contributed by atoms with Crippen molar-refractivity contribution < 1.29 is 27.1 Å². The maximum Gasteiger partial charge on any atom is 0.342 e. The van der Waals surface area contributed by atoms with Crippen LogP contribution in [0.1, 0.15) is 34.7 Å². The van der Waals surface area contributed by atoms with Gasteiger partial charge in [0.05, 0.1) is 13.7 Å². The molecule has 0 bridgehead atoms. The fraction of sp³-hybridized carbons (Fsp3) is 0.688. The highest BCUT2D eigenvalue weighted by atomic mass is 32.2. The molecule has 0 radical (unpaired) electrons. The van der Waals surface area contributed by atoms with Crippen LogP contribution >= 0.6 is 0 Å². The lowest BCUT2D eigenvalue weighted by atomic mass is 9.80. The van der Waals surface area contributed by atoms with E-state index in [1.165, 1.54) is 21.0 Å². The maximum absolute atomic E-state index is 12.9. The third-order valence-corrected chi connectivity index (χ3v) is 6.17. The molecular weight excluding hydrogens is 348 g/mol. The Morgan fingerprint density at radius 2 is 1.88 bits per heavy atom. The van der Waals surface area contributed by atoms with Crippen LogP contribution in [0.15, 0.2) is 9.31 Å². The summed E-state index contributed by atoms with van der Waals surface area (Å²) in [5.74, 6) is -0.349. The van der Waals surface area contributed by atoms with E-state index in [4.69, 9.17) is 13.9 Å². The number of rotatable bonds is 7. The first-order valence-corrected chi connectivity index (χ1v) is 9.62. The van der Waals surface area contributed by atoms with Gasteiger partial charge in [-0.2, -0.15) is 0 Å². The van der Waals surface area contributed by atoms with Crippen molar-refractivity contribution in [3.63, 3.8) is 0 Å². The van der Waals surface area contributed by atoms with E-state index in [2.05, 4.69) is 10.0 Å². The number of methoxy groups -OCH3 is 2. The van der Waals surface area contributed by atoms with Gasteiger partial charge in [-0.15, -0.1) is 0 Å². The average molecular weight is 374 g/mol. The number of furan rings is 1. The van der Waals surface area contributed by atoms with E-state index in [0.717, 1.165) is 25.9 Å². The molecule has 25 heavy (non-hydrogen) atoms. The van der Waals surface area contributed by atoms with Crippen molar-refractivity contribution in [2.24, 2.45) is 5.41 Å². The van der Waals surface area contributed by atoms with Gasteiger partial charge in [0, 0.05) is 19.1 Å². The molecule has 1 fully saturated rings. The van der Waals surface area contributed by atoms with Gasteiger partial charge in [0.1, 0.15) is 22.0 Å². The topological polar surface area (TPSA) is 107 Å². The molecule has 0 aliphatic carbocycles. The molecule has 1 aliphatic rings. The molecular formula is C16H26N2O6S. The summed E-state index contributed by atoms with van der Waals surface area (Å²) < 4.78 is 43.7. The number of hydrogen-bond donors (Lipinski definition) is 2. The largest absolute Gasteiger partial charge is 0.465 e. The van der Waals surface area contributed by atoms with Gasteiger partial charge in [0.2, 0.25) is 10.0 Å². The van der Waals surface area contributed by atoms with Gasteiger partial charge in [0.15, 0.2) is 0 Å². The van der Waals surface area contributed by atoms with E-state index in [1.54, 1.807) is 7.11 Å². The summed E-state index contributed by atoms with van der Waals surface area (Å²) in [4.78, 5) is 11.8. The summed E-state index contributed by atoms with van der Waals surface area (Å²) in [6, 6.07) is 0. The number of ether oxygens (including phenoxy) is 2. The van der Waals surface area contributed by atoms with Crippen molar-refractivity contribution in [2.45, 2.75) is 31.6 Å². The Morgan fingerprint density at radius 1 is 1.24 bits per heavy atom. The molecule has 1 aromatic rings. The quantitative estimate of drug-likeness (QED) is 0.685. The Balaban J connectivity index is 2.29. The first-order valence-electron chi connectivity index (χ1n) is 8.14. The summed E-state index contributed by atoms with van der Waals surface area (Å²) in [6.07, 6.45) is 1.60. The monoisotopic (exact) mass is 374 g/mol. The highest BCUT2D eigenvalue weighted by Crippen LogP contribution is 2.31. The zero-order valence-corrected chi connectivity index (χ0v) is 15.9. The van der Waals surface area contributed by atoms with Gasteiger partial charge in [-0.25, -0.2) is 17.9 Å². The van der Waals surface area contributed by atoms with Crippen molar-refractivity contribution in [1.82, 2.24) is 10.0 Å². The van der Waals surface area contributed by atoms with Gasteiger partial charge >= 0.3 is 5.97 Å². The van der Waals surface area contributed by atoms with E-state index < -0.39 is 16.0 Å². The van der Waals surface area contributed by atoms with Gasteiger partial charge < -0.3 is 19.2 Å². The highest BCUT2D eigenvalue weighted by Gasteiger charge is 2.36. The summed E-state index contributed by atoms with van der Waals surface area (Å²) in [5.41, 5.74) is -0.329. The zero-order valence-electron chi connectivity index (χ0n) is 15.1. The van der Waals surface area contributed by atoms with Crippen LogP contribution in [0.25, 0.3) is 0 Å². The van der Waals surface area contributed by atoms with Crippen LogP contribution < -0.4 is 10.0 Å². The smallest absolute Gasteiger partial charge is 0.342 e. The summed E-state index contributed by atoms with van der Waals surface area (Å²) in [5, 5.41) is 3.26. The molecule has 0 unspecified atom stereocenters. The van der Waals surface area contributed by atoms with Crippen molar-refractivity contribution in [3.05, 3.63) is 17.1 Å². The second-order valence-corrected chi connectivity index (χ2v) is 8.12. The normalized spacial score (nSPS) is 17.4. The third-order valence-electron chi connectivity index (χ3n) is 4.62. The molecule has 142 valence electrons. The highest BCUT2D eigenvalue weighted by molar-refractivity contribution is 7.89. The van der Waals surface area contributed by atoms with E-state index in [9.17, 15) is 13.2 Å². The molecule has 0 atom stereocenters. The third kappa shape index (κ3) is 4.22. The number of carbonyl (C=O) groups is 1. The lowest BCUT2D eigenvalue weighted by Crippen LogP contribution is -2.47. The second-order valence-electron chi connectivity index (χ2n) is 6.42. The van der Waals surface area contributed by atoms with Crippen LogP contribution in [0.3, 0.4) is 0 Å². The van der Waals surface area contributed by atoms with E-state index in [0.29, 0.717) is 6.61 Å². The Kier molecular flexibility index (Phi) is 6.26.